The Kier molecular flexibility index (Phi) is 13.4. The van der Waals surface area contributed by atoms with Gasteiger partial charge >= 0.3 is 0 Å². The molecule has 4 aliphatic carbocycles. The standard InChI is InChI=1S/C30H49NO2.C8H8O2.CH7N5/c1-20(2)15-21-10-12-29(3)22(16-21)6-7-27-26(29)9-8-25-24-18-32-19-30(25,27)13-11-28(24)33-17-23-5-4-14-31-23;9-7-10-6-8-4-2-1-3-5-8;2-1(3)5-6-4/h7,20-26,28,31H,4-6,8-19H2,1-3H3;1-5,7H,6H2;6H,4H2,(H4,2,3,5). The van der Waals surface area contributed by atoms with Crippen molar-refractivity contribution in [2.45, 2.75) is 110 Å². The van der Waals surface area contributed by atoms with Gasteiger partial charge in [-0.15, -0.1) is 5.10 Å². The van der Waals surface area contributed by atoms with E-state index in [2.05, 4.69) is 47.8 Å². The molecule has 1 aromatic rings. The second-order valence-electron chi connectivity index (χ2n) is 16.2. The van der Waals surface area contributed by atoms with Crippen LogP contribution in [-0.2, 0) is 25.6 Å². The largest absolute Gasteiger partial charge is 0.463 e. The second-order valence-corrected chi connectivity index (χ2v) is 16.2. The molecule has 0 spiro atoms. The number of allylic oxidation sites excluding steroid dienone is 1. The quantitative estimate of drug-likeness (QED) is 0.0577. The van der Waals surface area contributed by atoms with Crippen LogP contribution in [-0.4, -0.2) is 50.9 Å². The fraction of sp³-hybridized carbons (Fsp3) is 0.744. The smallest absolute Gasteiger partial charge is 0.293 e. The van der Waals surface area contributed by atoms with Crippen LogP contribution in [0.1, 0.15) is 97.0 Å². The Balaban J connectivity index is 0.000000243. The van der Waals surface area contributed by atoms with Crippen molar-refractivity contribution in [3.05, 3.63) is 47.5 Å². The molecular weight excluding hydrogens is 616 g/mol. The number of carbonyl (C=O) groups is 1. The number of hydrogen-bond acceptors (Lipinski definition) is 8. The fourth-order valence-corrected chi connectivity index (χ4v) is 10.7. The molecule has 9 unspecified atom stereocenters. The predicted octanol–water partition coefficient (Wildman–Crippen LogP) is 5.37. The maximum absolute atomic E-state index is 9.76. The number of guanidine groups is 1. The van der Waals surface area contributed by atoms with E-state index in [1.165, 1.54) is 77.2 Å². The molecule has 0 radical (unpaired) electrons. The summed E-state index contributed by atoms with van der Waals surface area (Å²) in [6.45, 7) is 12.3. The molecule has 2 heterocycles. The molecule has 9 atom stereocenters. The zero-order chi connectivity index (χ0) is 34.9. The van der Waals surface area contributed by atoms with Crippen molar-refractivity contribution < 1.29 is 19.0 Å². The first-order chi connectivity index (χ1) is 23.7. The SMILES string of the molecule is CC(C)CC1CCC2(C)C(CC=C3C2CCC2C4COCC32CCC4OCC2CCCN2)C1.NNN=C(N)N.O=COCc1ccccc1. The van der Waals surface area contributed by atoms with E-state index >= 15 is 0 Å². The Morgan fingerprint density at radius 2 is 1.96 bits per heavy atom. The number of ether oxygens (including phenoxy) is 3. The first kappa shape index (κ1) is 37.6. The summed E-state index contributed by atoms with van der Waals surface area (Å²) in [6.07, 6.45) is 18.4. The number of hydrogen-bond donors (Lipinski definition) is 5. The van der Waals surface area contributed by atoms with Gasteiger partial charge in [-0.2, -0.15) is 0 Å². The van der Waals surface area contributed by atoms with Crippen LogP contribution in [0.5, 0.6) is 0 Å². The maximum Gasteiger partial charge on any atom is 0.293 e. The Hall–Kier alpha value is -2.66. The monoisotopic (exact) mass is 680 g/mol. The van der Waals surface area contributed by atoms with Crippen LogP contribution in [0.2, 0.25) is 0 Å². The lowest BCUT2D eigenvalue weighted by Crippen LogP contribution is -2.60. The Bertz CT molecular complexity index is 1240. The van der Waals surface area contributed by atoms with E-state index in [-0.39, 0.29) is 5.96 Å². The van der Waals surface area contributed by atoms with Crippen molar-refractivity contribution in [3.8, 4) is 0 Å². The van der Waals surface area contributed by atoms with E-state index in [0.717, 1.165) is 55.0 Å². The predicted molar refractivity (Wildman–Crippen MR) is 194 cm³/mol. The number of hydrazine groups is 1. The molecule has 5 fully saturated rings. The van der Waals surface area contributed by atoms with Gasteiger partial charge in [0.25, 0.3) is 6.47 Å². The van der Waals surface area contributed by atoms with Gasteiger partial charge in [-0.1, -0.05) is 62.8 Å². The molecule has 2 aliphatic heterocycles. The topological polar surface area (TPSA) is 159 Å². The lowest BCUT2D eigenvalue weighted by atomic mass is 9.43. The first-order valence-corrected chi connectivity index (χ1v) is 19.0. The number of hydrazone groups is 1. The third-order valence-corrected chi connectivity index (χ3v) is 12.9. The summed E-state index contributed by atoms with van der Waals surface area (Å²) < 4.78 is 17.6. The molecule has 2 saturated heterocycles. The molecule has 7 rings (SSSR count). The van der Waals surface area contributed by atoms with E-state index < -0.39 is 0 Å². The van der Waals surface area contributed by atoms with E-state index in [0.29, 0.717) is 42.0 Å². The van der Waals surface area contributed by atoms with Crippen molar-refractivity contribution >= 4 is 12.4 Å². The number of carbonyl (C=O) groups excluding carboxylic acids is 1. The average Bonchev–Trinajstić information content (AvgIpc) is 3.61. The Morgan fingerprint density at radius 3 is 2.63 bits per heavy atom. The highest BCUT2D eigenvalue weighted by Crippen LogP contribution is 2.67. The summed E-state index contributed by atoms with van der Waals surface area (Å²) >= 11 is 0. The molecular formula is C39H64N6O4. The molecule has 10 nitrogen and oxygen atoms in total. The molecule has 0 aromatic heterocycles. The molecule has 10 heteroatoms. The third-order valence-electron chi connectivity index (χ3n) is 12.9. The minimum Gasteiger partial charge on any atom is -0.463 e. The van der Waals surface area contributed by atoms with Crippen molar-refractivity contribution in [3.63, 3.8) is 0 Å². The highest BCUT2D eigenvalue weighted by Gasteiger charge is 2.61. The summed E-state index contributed by atoms with van der Waals surface area (Å²) in [5.41, 5.74) is 15.2. The van der Waals surface area contributed by atoms with E-state index in [9.17, 15) is 4.79 Å². The van der Waals surface area contributed by atoms with Gasteiger partial charge in [0, 0.05) is 17.4 Å². The summed E-state index contributed by atoms with van der Waals surface area (Å²) in [4.78, 5) is 9.76. The maximum atomic E-state index is 9.76. The summed E-state index contributed by atoms with van der Waals surface area (Å²) in [6, 6.07) is 10.1. The normalized spacial score (nSPS) is 35.8. The van der Waals surface area contributed by atoms with E-state index in [1.807, 2.05) is 41.4 Å². The molecule has 49 heavy (non-hydrogen) atoms. The average molecular weight is 681 g/mol. The lowest BCUT2D eigenvalue weighted by molar-refractivity contribution is -0.182. The lowest BCUT2D eigenvalue weighted by Gasteiger charge is -2.64. The van der Waals surface area contributed by atoms with Crippen LogP contribution in [0.3, 0.4) is 0 Å². The van der Waals surface area contributed by atoms with Crippen molar-refractivity contribution in [2.75, 3.05) is 26.4 Å². The minimum atomic E-state index is -0.0718. The second kappa shape index (κ2) is 17.5. The van der Waals surface area contributed by atoms with E-state index in [4.69, 9.17) is 20.9 Å². The molecule has 2 bridgehead atoms. The minimum absolute atomic E-state index is 0.0718. The number of nitrogens with one attached hydrogen (secondary N) is 2. The van der Waals surface area contributed by atoms with Gasteiger partial charge in [0.05, 0.1) is 25.9 Å². The molecule has 8 N–H and O–H groups in total. The van der Waals surface area contributed by atoms with Crippen molar-refractivity contribution in [1.82, 2.24) is 10.9 Å². The number of fused-ring (bicyclic) bond motifs is 3. The Morgan fingerprint density at radius 1 is 1.14 bits per heavy atom. The number of rotatable bonds is 9. The zero-order valence-corrected chi connectivity index (χ0v) is 30.3. The fourth-order valence-electron chi connectivity index (χ4n) is 10.7. The molecule has 0 amide bonds. The first-order valence-electron chi connectivity index (χ1n) is 19.0. The summed E-state index contributed by atoms with van der Waals surface area (Å²) in [7, 11) is 0. The van der Waals surface area contributed by atoms with Crippen LogP contribution in [0.25, 0.3) is 0 Å². The molecule has 274 valence electrons. The van der Waals surface area contributed by atoms with Gasteiger partial charge in [0.2, 0.25) is 5.96 Å². The van der Waals surface area contributed by atoms with Crippen LogP contribution < -0.4 is 28.2 Å². The molecule has 3 saturated carbocycles. The summed E-state index contributed by atoms with van der Waals surface area (Å²) in [5, 5.41) is 6.75. The van der Waals surface area contributed by atoms with Crippen molar-refractivity contribution in [2.24, 2.45) is 68.7 Å². The zero-order valence-electron chi connectivity index (χ0n) is 30.3. The van der Waals surface area contributed by atoms with Crippen LogP contribution >= 0.6 is 0 Å². The molecule has 1 aromatic carbocycles. The van der Waals surface area contributed by atoms with Gasteiger partial charge < -0.3 is 31.0 Å². The van der Waals surface area contributed by atoms with Gasteiger partial charge in [-0.25, -0.2) is 11.4 Å². The van der Waals surface area contributed by atoms with Gasteiger partial charge in [-0.3, -0.25) is 4.79 Å². The number of benzene rings is 1. The highest BCUT2D eigenvalue weighted by atomic mass is 16.5. The van der Waals surface area contributed by atoms with Crippen LogP contribution in [0, 0.1) is 46.3 Å². The van der Waals surface area contributed by atoms with Gasteiger partial charge in [0.1, 0.15) is 6.61 Å². The Labute approximate surface area is 294 Å². The van der Waals surface area contributed by atoms with Crippen molar-refractivity contribution in [1.29, 1.82) is 0 Å². The summed E-state index contributed by atoms with van der Waals surface area (Å²) in [5.74, 6) is 9.51. The highest BCUT2D eigenvalue weighted by molar-refractivity contribution is 5.75. The van der Waals surface area contributed by atoms with Gasteiger partial charge in [-0.05, 0) is 118 Å². The van der Waals surface area contributed by atoms with Gasteiger partial charge in [0.15, 0.2) is 0 Å². The van der Waals surface area contributed by atoms with Crippen LogP contribution in [0.15, 0.2) is 47.1 Å². The third kappa shape index (κ3) is 8.99. The van der Waals surface area contributed by atoms with E-state index in [1.54, 1.807) is 0 Å². The molecule has 6 aliphatic rings. The number of nitrogens with two attached hydrogens (primary N) is 3. The van der Waals surface area contributed by atoms with Crippen LogP contribution in [0.4, 0.5) is 0 Å². The number of nitrogens with zero attached hydrogens (tertiary/aromatic N) is 1.